The van der Waals surface area contributed by atoms with E-state index in [4.69, 9.17) is 4.74 Å². The van der Waals surface area contributed by atoms with Crippen LogP contribution in [-0.4, -0.2) is 23.0 Å². The number of phenols is 1. The zero-order valence-electron chi connectivity index (χ0n) is 16.6. The molecule has 0 fully saturated rings. The van der Waals surface area contributed by atoms with Crippen molar-refractivity contribution in [2.45, 2.75) is 12.6 Å². The Balaban J connectivity index is 1.69. The van der Waals surface area contributed by atoms with Crippen molar-refractivity contribution >= 4 is 16.7 Å². The van der Waals surface area contributed by atoms with Crippen molar-refractivity contribution in [2.24, 2.45) is 0 Å². The summed E-state index contributed by atoms with van der Waals surface area (Å²) >= 11 is 0. The molecule has 0 aromatic heterocycles. The fraction of sp³-hybridized carbons (Fsp3) is 0.115. The lowest BCUT2D eigenvalue weighted by Crippen LogP contribution is -2.28. The second kappa shape index (κ2) is 7.23. The fourth-order valence-electron chi connectivity index (χ4n) is 4.36. The summed E-state index contributed by atoms with van der Waals surface area (Å²) in [7, 11) is 1.52. The first-order chi connectivity index (χ1) is 14.7. The van der Waals surface area contributed by atoms with Crippen LogP contribution in [0.2, 0.25) is 0 Å². The van der Waals surface area contributed by atoms with Crippen molar-refractivity contribution in [1.29, 1.82) is 0 Å². The molecule has 1 N–H and O–H groups in total. The van der Waals surface area contributed by atoms with Crippen LogP contribution in [0.3, 0.4) is 0 Å². The number of benzene rings is 4. The lowest BCUT2D eigenvalue weighted by molar-refractivity contribution is 0.0737. The van der Waals surface area contributed by atoms with Crippen molar-refractivity contribution in [1.82, 2.24) is 4.90 Å². The van der Waals surface area contributed by atoms with Gasteiger partial charge in [-0.05, 0) is 39.6 Å². The van der Waals surface area contributed by atoms with Gasteiger partial charge >= 0.3 is 0 Å². The van der Waals surface area contributed by atoms with Crippen LogP contribution in [0.1, 0.15) is 33.1 Å². The molecule has 4 heteroatoms. The van der Waals surface area contributed by atoms with Gasteiger partial charge in [0.05, 0.1) is 18.7 Å². The van der Waals surface area contributed by atoms with E-state index < -0.39 is 0 Å². The van der Waals surface area contributed by atoms with Crippen LogP contribution < -0.4 is 4.74 Å². The zero-order chi connectivity index (χ0) is 20.7. The van der Waals surface area contributed by atoms with Gasteiger partial charge in [-0.3, -0.25) is 4.79 Å². The second-order valence-electron chi connectivity index (χ2n) is 7.50. The van der Waals surface area contributed by atoms with Gasteiger partial charge in [-0.2, -0.15) is 0 Å². The third-order valence-corrected chi connectivity index (χ3v) is 5.76. The number of rotatable bonds is 4. The lowest BCUT2D eigenvalue weighted by atomic mass is 9.94. The van der Waals surface area contributed by atoms with E-state index in [-0.39, 0.29) is 17.7 Å². The van der Waals surface area contributed by atoms with Gasteiger partial charge in [0.25, 0.3) is 5.91 Å². The number of methoxy groups -OCH3 is 1. The van der Waals surface area contributed by atoms with Gasteiger partial charge in [0, 0.05) is 6.54 Å². The van der Waals surface area contributed by atoms with Gasteiger partial charge in [0.15, 0.2) is 11.5 Å². The highest BCUT2D eigenvalue weighted by molar-refractivity contribution is 6.11. The number of amides is 1. The minimum Gasteiger partial charge on any atom is -0.504 e. The third kappa shape index (κ3) is 2.89. The molecule has 4 nitrogen and oxygen atoms in total. The molecule has 148 valence electrons. The Morgan fingerprint density at radius 2 is 1.70 bits per heavy atom. The topological polar surface area (TPSA) is 49.8 Å². The molecule has 0 radical (unpaired) electrons. The molecule has 0 saturated carbocycles. The van der Waals surface area contributed by atoms with Crippen molar-refractivity contribution in [3.63, 3.8) is 0 Å². The number of carbonyl (C=O) groups excluding carboxylic acids is 1. The predicted octanol–water partition coefficient (Wildman–Crippen LogP) is 5.30. The summed E-state index contributed by atoms with van der Waals surface area (Å²) in [6, 6.07) is 27.1. The summed E-state index contributed by atoms with van der Waals surface area (Å²) in [5.41, 5.74) is 3.61. The van der Waals surface area contributed by atoms with Gasteiger partial charge in [0.1, 0.15) is 0 Å². The highest BCUT2D eigenvalue weighted by Crippen LogP contribution is 2.44. The summed E-state index contributed by atoms with van der Waals surface area (Å²) in [5, 5.41) is 12.4. The number of nitrogens with zero attached hydrogens (tertiary/aromatic N) is 1. The van der Waals surface area contributed by atoms with Gasteiger partial charge in [-0.25, -0.2) is 0 Å². The molecule has 30 heavy (non-hydrogen) atoms. The molecule has 1 aliphatic rings. The number of phenolic OH excluding ortho intramolecular Hbond substituents is 1. The van der Waals surface area contributed by atoms with E-state index in [9.17, 15) is 9.90 Å². The van der Waals surface area contributed by atoms with Crippen molar-refractivity contribution in [3.8, 4) is 11.5 Å². The molecule has 4 aromatic carbocycles. The summed E-state index contributed by atoms with van der Waals surface area (Å²) in [6.07, 6.45) is 0. The van der Waals surface area contributed by atoms with Gasteiger partial charge in [-0.1, -0.05) is 72.8 Å². The lowest BCUT2D eigenvalue weighted by Gasteiger charge is -2.26. The number of carbonyl (C=O) groups is 1. The van der Waals surface area contributed by atoms with Crippen molar-refractivity contribution < 1.29 is 14.6 Å². The van der Waals surface area contributed by atoms with E-state index in [1.54, 1.807) is 12.1 Å². The Morgan fingerprint density at radius 1 is 0.933 bits per heavy atom. The van der Waals surface area contributed by atoms with Crippen LogP contribution in [0.5, 0.6) is 11.5 Å². The third-order valence-electron chi connectivity index (χ3n) is 5.76. The van der Waals surface area contributed by atoms with E-state index in [2.05, 4.69) is 6.07 Å². The second-order valence-corrected chi connectivity index (χ2v) is 7.50. The molecule has 0 saturated heterocycles. The maximum absolute atomic E-state index is 13.6. The Bertz CT molecular complexity index is 1250. The molecule has 5 rings (SSSR count). The summed E-state index contributed by atoms with van der Waals surface area (Å²) in [4.78, 5) is 15.5. The molecule has 1 atom stereocenters. The number of ether oxygens (including phenoxy) is 1. The SMILES string of the molecule is COc1ccc(C2c3ccc4ccccc4c3C(=O)N2Cc2ccccc2)cc1O. The van der Waals surface area contributed by atoms with Crippen LogP contribution >= 0.6 is 0 Å². The van der Waals surface area contributed by atoms with E-state index in [1.165, 1.54) is 7.11 Å². The maximum atomic E-state index is 13.6. The van der Waals surface area contributed by atoms with Gasteiger partial charge in [-0.15, -0.1) is 0 Å². The molecule has 1 unspecified atom stereocenters. The quantitative estimate of drug-likeness (QED) is 0.510. The molecular formula is C26H21NO3. The van der Waals surface area contributed by atoms with Crippen LogP contribution in [0.25, 0.3) is 10.8 Å². The normalized spacial score (nSPS) is 15.4. The van der Waals surface area contributed by atoms with E-state index in [1.807, 2.05) is 71.6 Å². The minimum atomic E-state index is -0.283. The first kappa shape index (κ1) is 18.3. The molecular weight excluding hydrogens is 374 g/mol. The Morgan fingerprint density at radius 3 is 2.47 bits per heavy atom. The first-order valence-electron chi connectivity index (χ1n) is 9.91. The zero-order valence-corrected chi connectivity index (χ0v) is 16.6. The minimum absolute atomic E-state index is 0.00552. The number of aromatic hydroxyl groups is 1. The van der Waals surface area contributed by atoms with Gasteiger partial charge < -0.3 is 14.7 Å². The summed E-state index contributed by atoms with van der Waals surface area (Å²) in [5.74, 6) is 0.485. The monoisotopic (exact) mass is 395 g/mol. The average Bonchev–Trinajstić information content (AvgIpc) is 3.06. The largest absolute Gasteiger partial charge is 0.504 e. The Kier molecular flexibility index (Phi) is 4.40. The highest BCUT2D eigenvalue weighted by Gasteiger charge is 2.39. The van der Waals surface area contributed by atoms with Crippen molar-refractivity contribution in [2.75, 3.05) is 7.11 Å². The van der Waals surface area contributed by atoms with E-state index in [0.717, 1.165) is 33.0 Å². The fourth-order valence-corrected chi connectivity index (χ4v) is 4.36. The van der Waals surface area contributed by atoms with Crippen LogP contribution in [0.15, 0.2) is 84.9 Å². The summed E-state index contributed by atoms with van der Waals surface area (Å²) in [6.45, 7) is 0.486. The molecule has 0 aliphatic carbocycles. The Labute approximate surface area is 175 Å². The Hall–Kier alpha value is -3.79. The molecule has 1 amide bonds. The average molecular weight is 395 g/mol. The smallest absolute Gasteiger partial charge is 0.255 e. The van der Waals surface area contributed by atoms with Crippen LogP contribution in [0, 0.1) is 0 Å². The molecule has 4 aromatic rings. The highest BCUT2D eigenvalue weighted by atomic mass is 16.5. The van der Waals surface area contributed by atoms with E-state index >= 15 is 0 Å². The predicted molar refractivity (Wildman–Crippen MR) is 117 cm³/mol. The van der Waals surface area contributed by atoms with Gasteiger partial charge in [0.2, 0.25) is 0 Å². The standard InChI is InChI=1S/C26H21NO3/c1-30-23-14-12-19(15-22(23)28)25-21-13-11-18-9-5-6-10-20(18)24(21)26(29)27(25)16-17-7-3-2-4-8-17/h2-15,25,28H,16H2,1H3. The number of fused-ring (bicyclic) bond motifs is 3. The first-order valence-corrected chi connectivity index (χ1v) is 9.91. The number of hydrogen-bond acceptors (Lipinski definition) is 3. The van der Waals surface area contributed by atoms with E-state index in [0.29, 0.717) is 12.3 Å². The maximum Gasteiger partial charge on any atom is 0.255 e. The summed E-state index contributed by atoms with van der Waals surface area (Å²) < 4.78 is 5.20. The molecule has 0 spiro atoms. The van der Waals surface area contributed by atoms with Crippen molar-refractivity contribution in [3.05, 3.63) is 107 Å². The van der Waals surface area contributed by atoms with Crippen LogP contribution in [-0.2, 0) is 6.54 Å². The molecule has 0 bridgehead atoms. The van der Waals surface area contributed by atoms with Crippen LogP contribution in [0.4, 0.5) is 0 Å². The molecule has 1 heterocycles. The molecule has 1 aliphatic heterocycles. The number of hydrogen-bond donors (Lipinski definition) is 1.